The highest BCUT2D eigenvalue weighted by atomic mass is 16.6. The van der Waals surface area contributed by atoms with E-state index in [1.807, 2.05) is 0 Å². The summed E-state index contributed by atoms with van der Waals surface area (Å²) >= 11 is 0. The molecule has 1 aromatic rings. The molecule has 0 aromatic heterocycles. The van der Waals surface area contributed by atoms with Crippen molar-refractivity contribution in [2.75, 3.05) is 18.0 Å². The van der Waals surface area contributed by atoms with Crippen molar-refractivity contribution in [3.05, 3.63) is 34.4 Å². The topological polar surface area (TPSA) is 75.5 Å². The van der Waals surface area contributed by atoms with Crippen molar-refractivity contribution in [1.29, 1.82) is 0 Å². The van der Waals surface area contributed by atoms with Gasteiger partial charge in [-0.15, -0.1) is 0 Å². The largest absolute Gasteiger partial charge is 0.304 e. The van der Waals surface area contributed by atoms with Gasteiger partial charge in [0.1, 0.15) is 5.69 Å². The molecule has 0 aliphatic carbocycles. The maximum atomic E-state index is 11.9. The van der Waals surface area contributed by atoms with Crippen molar-refractivity contribution < 1.29 is 9.72 Å². The first kappa shape index (κ1) is 11.5. The summed E-state index contributed by atoms with van der Waals surface area (Å²) in [4.78, 5) is 23.9. The highest BCUT2D eigenvalue weighted by Crippen LogP contribution is 2.28. The van der Waals surface area contributed by atoms with Gasteiger partial charge < -0.3 is 10.2 Å². The van der Waals surface area contributed by atoms with Crippen LogP contribution < -0.4 is 10.2 Å². The molecule has 1 atom stereocenters. The van der Waals surface area contributed by atoms with Gasteiger partial charge in [-0.25, -0.2) is 0 Å². The minimum Gasteiger partial charge on any atom is -0.304 e. The third kappa shape index (κ3) is 2.12. The summed E-state index contributed by atoms with van der Waals surface area (Å²) < 4.78 is 0. The van der Waals surface area contributed by atoms with Crippen LogP contribution in [-0.2, 0) is 4.79 Å². The maximum absolute atomic E-state index is 11.9. The first-order chi connectivity index (χ1) is 8.11. The van der Waals surface area contributed by atoms with E-state index in [1.165, 1.54) is 11.0 Å². The van der Waals surface area contributed by atoms with E-state index >= 15 is 0 Å². The number of carbonyl (C=O) groups excluding carboxylic acids is 1. The first-order valence-corrected chi connectivity index (χ1v) is 5.39. The van der Waals surface area contributed by atoms with Gasteiger partial charge in [-0.3, -0.25) is 14.9 Å². The molecule has 1 amide bonds. The summed E-state index contributed by atoms with van der Waals surface area (Å²) in [5.74, 6) is -0.134. The number of nitro groups is 1. The molecule has 1 heterocycles. The molecule has 90 valence electrons. The van der Waals surface area contributed by atoms with Crippen LogP contribution in [0.15, 0.2) is 24.3 Å². The molecule has 0 bridgehead atoms. The fourth-order valence-electron chi connectivity index (χ4n) is 1.91. The van der Waals surface area contributed by atoms with E-state index in [2.05, 4.69) is 5.32 Å². The standard InChI is InChI=1S/C11H13N3O3/c1-8-11(15)13(7-6-12-8)9-4-2-3-5-10(9)14(16)17/h2-5,8,12H,6-7H2,1H3. The van der Waals surface area contributed by atoms with Gasteiger partial charge in [-0.2, -0.15) is 0 Å². The molecule has 0 spiro atoms. The lowest BCUT2D eigenvalue weighted by atomic mass is 10.1. The number of rotatable bonds is 2. The second-order valence-corrected chi connectivity index (χ2v) is 3.91. The lowest BCUT2D eigenvalue weighted by molar-refractivity contribution is -0.384. The predicted octanol–water partition coefficient (Wildman–Crippen LogP) is 0.919. The smallest absolute Gasteiger partial charge is 0.292 e. The Morgan fingerprint density at radius 3 is 2.88 bits per heavy atom. The van der Waals surface area contributed by atoms with Crippen molar-refractivity contribution in [3.63, 3.8) is 0 Å². The molecule has 6 nitrogen and oxygen atoms in total. The van der Waals surface area contributed by atoms with Gasteiger partial charge in [0, 0.05) is 19.2 Å². The van der Waals surface area contributed by atoms with Crippen LogP contribution in [-0.4, -0.2) is 30.0 Å². The van der Waals surface area contributed by atoms with Gasteiger partial charge in [0.15, 0.2) is 0 Å². The van der Waals surface area contributed by atoms with Gasteiger partial charge in [-0.05, 0) is 13.0 Å². The Morgan fingerprint density at radius 2 is 2.18 bits per heavy atom. The fourth-order valence-corrected chi connectivity index (χ4v) is 1.91. The number of hydrogen-bond acceptors (Lipinski definition) is 4. The number of nitro benzene ring substituents is 1. The average Bonchev–Trinajstić information content (AvgIpc) is 2.33. The third-order valence-electron chi connectivity index (χ3n) is 2.79. The van der Waals surface area contributed by atoms with Crippen LogP contribution >= 0.6 is 0 Å². The Balaban J connectivity index is 2.39. The maximum Gasteiger partial charge on any atom is 0.292 e. The summed E-state index contributed by atoms with van der Waals surface area (Å²) in [7, 11) is 0. The van der Waals surface area contributed by atoms with E-state index in [0.29, 0.717) is 18.8 Å². The summed E-state index contributed by atoms with van der Waals surface area (Å²) in [6.07, 6.45) is 0. The number of para-hydroxylation sites is 2. The van der Waals surface area contributed by atoms with Crippen LogP contribution in [0.4, 0.5) is 11.4 Å². The molecule has 0 saturated carbocycles. The van der Waals surface area contributed by atoms with E-state index < -0.39 is 4.92 Å². The van der Waals surface area contributed by atoms with E-state index in [9.17, 15) is 14.9 Å². The van der Waals surface area contributed by atoms with Crippen LogP contribution in [0, 0.1) is 10.1 Å². The summed E-state index contributed by atoms with van der Waals surface area (Å²) in [5, 5.41) is 13.9. The summed E-state index contributed by atoms with van der Waals surface area (Å²) in [6, 6.07) is 6.01. The van der Waals surface area contributed by atoms with Gasteiger partial charge >= 0.3 is 0 Å². The van der Waals surface area contributed by atoms with Crippen LogP contribution in [0.3, 0.4) is 0 Å². The van der Waals surface area contributed by atoms with Crippen LogP contribution in [0.5, 0.6) is 0 Å². The van der Waals surface area contributed by atoms with E-state index in [4.69, 9.17) is 0 Å². The van der Waals surface area contributed by atoms with Crippen molar-refractivity contribution in [1.82, 2.24) is 5.32 Å². The monoisotopic (exact) mass is 235 g/mol. The molecular formula is C11H13N3O3. The lowest BCUT2D eigenvalue weighted by Crippen LogP contribution is -2.54. The van der Waals surface area contributed by atoms with Crippen molar-refractivity contribution in [2.45, 2.75) is 13.0 Å². The van der Waals surface area contributed by atoms with Crippen molar-refractivity contribution >= 4 is 17.3 Å². The highest BCUT2D eigenvalue weighted by molar-refractivity contribution is 5.99. The minimum absolute atomic E-state index is 0.0325. The van der Waals surface area contributed by atoms with Crippen molar-refractivity contribution in [3.8, 4) is 0 Å². The number of carbonyl (C=O) groups is 1. The number of anilines is 1. The zero-order valence-corrected chi connectivity index (χ0v) is 9.42. The molecule has 0 radical (unpaired) electrons. The molecular weight excluding hydrogens is 222 g/mol. The Kier molecular flexibility index (Phi) is 3.06. The molecule has 1 fully saturated rings. The molecule has 1 N–H and O–H groups in total. The summed E-state index contributed by atoms with van der Waals surface area (Å²) in [5.41, 5.74) is 0.339. The molecule has 1 aromatic carbocycles. The van der Waals surface area contributed by atoms with Gasteiger partial charge in [0.05, 0.1) is 11.0 Å². The number of hydrogen-bond donors (Lipinski definition) is 1. The fraction of sp³-hybridized carbons (Fsp3) is 0.364. The Bertz CT molecular complexity index is 461. The number of amides is 1. The van der Waals surface area contributed by atoms with Crippen LogP contribution in [0.1, 0.15) is 6.92 Å². The SMILES string of the molecule is CC1NCCN(c2ccccc2[N+](=O)[O-])C1=O. The predicted molar refractivity (Wildman–Crippen MR) is 62.9 cm³/mol. The molecule has 1 saturated heterocycles. The van der Waals surface area contributed by atoms with Gasteiger partial charge in [0.2, 0.25) is 5.91 Å². The number of nitrogens with zero attached hydrogens (tertiary/aromatic N) is 2. The molecule has 17 heavy (non-hydrogen) atoms. The van der Waals surface area contributed by atoms with E-state index in [-0.39, 0.29) is 17.6 Å². The molecule has 2 rings (SSSR count). The zero-order chi connectivity index (χ0) is 12.4. The number of benzene rings is 1. The van der Waals surface area contributed by atoms with Gasteiger partial charge in [-0.1, -0.05) is 12.1 Å². The average molecular weight is 235 g/mol. The van der Waals surface area contributed by atoms with E-state index in [1.54, 1.807) is 25.1 Å². The molecule has 1 aliphatic rings. The number of piperazine rings is 1. The second-order valence-electron chi connectivity index (χ2n) is 3.91. The Hall–Kier alpha value is -1.95. The van der Waals surface area contributed by atoms with Gasteiger partial charge in [0.25, 0.3) is 5.69 Å². The molecule has 1 unspecified atom stereocenters. The minimum atomic E-state index is -0.463. The Morgan fingerprint density at radius 1 is 1.47 bits per heavy atom. The quantitative estimate of drug-likeness (QED) is 0.611. The van der Waals surface area contributed by atoms with Crippen LogP contribution in [0.25, 0.3) is 0 Å². The first-order valence-electron chi connectivity index (χ1n) is 5.39. The molecule has 6 heteroatoms. The second kappa shape index (κ2) is 4.50. The molecule has 1 aliphatic heterocycles. The lowest BCUT2D eigenvalue weighted by Gasteiger charge is -2.31. The Labute approximate surface area is 98.4 Å². The van der Waals surface area contributed by atoms with E-state index in [0.717, 1.165) is 0 Å². The number of nitrogens with one attached hydrogen (secondary N) is 1. The third-order valence-corrected chi connectivity index (χ3v) is 2.79. The normalized spacial score (nSPS) is 20.4. The zero-order valence-electron chi connectivity index (χ0n) is 9.42. The summed E-state index contributed by atoms with van der Waals surface area (Å²) in [6.45, 7) is 2.84. The van der Waals surface area contributed by atoms with Crippen LogP contribution in [0.2, 0.25) is 0 Å². The van der Waals surface area contributed by atoms with Crippen molar-refractivity contribution in [2.24, 2.45) is 0 Å². The highest BCUT2D eigenvalue weighted by Gasteiger charge is 2.29.